The molecule has 0 atom stereocenters. The van der Waals surface area contributed by atoms with Crippen molar-refractivity contribution in [3.63, 3.8) is 0 Å². The molecule has 162 valence electrons. The van der Waals surface area contributed by atoms with Crippen molar-refractivity contribution in [1.82, 2.24) is 20.1 Å². The molecule has 6 nitrogen and oxygen atoms in total. The van der Waals surface area contributed by atoms with Gasteiger partial charge >= 0.3 is 0 Å². The Balaban J connectivity index is 1.43. The van der Waals surface area contributed by atoms with Gasteiger partial charge in [0.2, 0.25) is 5.82 Å². The van der Waals surface area contributed by atoms with Gasteiger partial charge in [0.25, 0.3) is 5.91 Å². The van der Waals surface area contributed by atoms with Gasteiger partial charge in [-0.05, 0) is 29.7 Å². The molecule has 0 unspecified atom stereocenters. The lowest BCUT2D eigenvalue weighted by molar-refractivity contribution is 0.0942. The molecule has 0 fully saturated rings. The van der Waals surface area contributed by atoms with Gasteiger partial charge in [-0.1, -0.05) is 83.9 Å². The Bertz CT molecular complexity index is 1150. The van der Waals surface area contributed by atoms with Crippen molar-refractivity contribution in [2.45, 2.75) is 12.3 Å². The Kier molecular flexibility index (Phi) is 6.73. The highest BCUT2D eigenvalue weighted by Crippen LogP contribution is 2.33. The molecule has 0 saturated heterocycles. The van der Waals surface area contributed by atoms with Crippen LogP contribution in [0.4, 0.5) is 0 Å². The molecule has 2 N–H and O–H groups in total. The summed E-state index contributed by atoms with van der Waals surface area (Å²) >= 11 is 11.9. The number of carbonyl (C=O) groups is 1. The number of phenolic OH excluding ortho intramolecular Hbond substituents is 1. The minimum atomic E-state index is -0.375. The SMILES string of the molecule is O=C(NCCC(c1ccccc1)c1ccccc1)c1ncn(-c2cc(Cl)c(O)c(Cl)c2)n1. The summed E-state index contributed by atoms with van der Waals surface area (Å²) in [5.74, 6) is -0.396. The molecule has 0 aliphatic carbocycles. The van der Waals surface area contributed by atoms with Crippen molar-refractivity contribution in [3.8, 4) is 11.4 Å². The molecule has 1 heterocycles. The summed E-state index contributed by atoms with van der Waals surface area (Å²) < 4.78 is 1.38. The van der Waals surface area contributed by atoms with E-state index >= 15 is 0 Å². The summed E-state index contributed by atoms with van der Waals surface area (Å²) in [6, 6.07) is 23.4. The number of hydrogen-bond acceptors (Lipinski definition) is 4. The lowest BCUT2D eigenvalue weighted by Crippen LogP contribution is -2.27. The van der Waals surface area contributed by atoms with Gasteiger partial charge in [0.05, 0.1) is 15.7 Å². The minimum absolute atomic E-state index is 0.0290. The Hall–Kier alpha value is -3.35. The molecule has 0 spiro atoms. The van der Waals surface area contributed by atoms with E-state index in [2.05, 4.69) is 39.7 Å². The topological polar surface area (TPSA) is 80.0 Å². The standard InChI is InChI=1S/C24H20Cl2N4O2/c25-20-13-18(14-21(26)22(20)31)30-15-28-23(29-30)24(32)27-12-11-19(16-7-3-1-4-8-16)17-9-5-2-6-10-17/h1-10,13-15,19,31H,11-12H2,(H,27,32). The minimum Gasteiger partial charge on any atom is -0.505 e. The van der Waals surface area contributed by atoms with Gasteiger partial charge in [-0.15, -0.1) is 5.10 Å². The third kappa shape index (κ3) is 4.93. The maximum absolute atomic E-state index is 12.6. The lowest BCUT2D eigenvalue weighted by Gasteiger charge is -2.18. The Labute approximate surface area is 195 Å². The second kappa shape index (κ2) is 9.85. The summed E-state index contributed by atoms with van der Waals surface area (Å²) in [7, 11) is 0. The first kappa shape index (κ1) is 21.9. The second-order valence-electron chi connectivity index (χ2n) is 7.19. The first-order valence-electron chi connectivity index (χ1n) is 10.0. The highest BCUT2D eigenvalue weighted by molar-refractivity contribution is 6.37. The molecule has 0 aliphatic rings. The zero-order valence-electron chi connectivity index (χ0n) is 17.0. The second-order valence-corrected chi connectivity index (χ2v) is 8.00. The molecule has 1 aromatic heterocycles. The molecule has 0 aliphatic heterocycles. The number of amides is 1. The van der Waals surface area contributed by atoms with Crippen molar-refractivity contribution in [1.29, 1.82) is 0 Å². The smallest absolute Gasteiger partial charge is 0.290 e. The number of aromatic hydroxyl groups is 1. The van der Waals surface area contributed by atoms with Crippen molar-refractivity contribution in [2.24, 2.45) is 0 Å². The number of hydrogen-bond donors (Lipinski definition) is 2. The predicted molar refractivity (Wildman–Crippen MR) is 125 cm³/mol. The number of carbonyl (C=O) groups excluding carboxylic acids is 1. The number of nitrogens with one attached hydrogen (secondary N) is 1. The number of benzene rings is 3. The van der Waals surface area contributed by atoms with Crippen LogP contribution in [-0.2, 0) is 0 Å². The summed E-state index contributed by atoms with van der Waals surface area (Å²) in [6.07, 6.45) is 2.12. The molecule has 3 aromatic carbocycles. The highest BCUT2D eigenvalue weighted by Gasteiger charge is 2.17. The van der Waals surface area contributed by atoms with Crippen LogP contribution >= 0.6 is 23.2 Å². The van der Waals surface area contributed by atoms with Gasteiger partial charge in [-0.2, -0.15) is 0 Å². The number of aromatic nitrogens is 3. The quantitative estimate of drug-likeness (QED) is 0.390. The van der Waals surface area contributed by atoms with E-state index < -0.39 is 0 Å². The van der Waals surface area contributed by atoms with Crippen LogP contribution in [0.25, 0.3) is 5.69 Å². The molecular formula is C24H20Cl2N4O2. The van der Waals surface area contributed by atoms with Crippen molar-refractivity contribution < 1.29 is 9.90 Å². The predicted octanol–water partition coefficient (Wildman–Crippen LogP) is 5.23. The first-order chi connectivity index (χ1) is 15.5. The van der Waals surface area contributed by atoms with Crippen LogP contribution in [0.1, 0.15) is 34.1 Å². The molecule has 0 bridgehead atoms. The Morgan fingerprint density at radius 1 is 0.969 bits per heavy atom. The third-order valence-electron chi connectivity index (χ3n) is 5.08. The Morgan fingerprint density at radius 2 is 1.53 bits per heavy atom. The van der Waals surface area contributed by atoms with E-state index in [0.29, 0.717) is 12.2 Å². The zero-order valence-corrected chi connectivity index (χ0v) is 18.5. The van der Waals surface area contributed by atoms with Gasteiger partial charge in [0, 0.05) is 12.5 Å². The van der Waals surface area contributed by atoms with E-state index in [1.165, 1.54) is 34.3 Å². The van der Waals surface area contributed by atoms with Crippen LogP contribution < -0.4 is 5.32 Å². The van der Waals surface area contributed by atoms with Gasteiger partial charge < -0.3 is 10.4 Å². The molecule has 0 saturated carbocycles. The number of rotatable bonds is 7. The van der Waals surface area contributed by atoms with Crippen molar-refractivity contribution in [2.75, 3.05) is 6.54 Å². The van der Waals surface area contributed by atoms with Crippen molar-refractivity contribution in [3.05, 3.63) is 106 Å². The van der Waals surface area contributed by atoms with Crippen LogP contribution in [0.5, 0.6) is 5.75 Å². The Morgan fingerprint density at radius 3 is 2.09 bits per heavy atom. The summed E-state index contributed by atoms with van der Waals surface area (Å²) in [5, 5.41) is 17.0. The van der Waals surface area contributed by atoms with Crippen LogP contribution in [0.3, 0.4) is 0 Å². The lowest BCUT2D eigenvalue weighted by atomic mass is 9.88. The van der Waals surface area contributed by atoms with E-state index in [1.807, 2.05) is 36.4 Å². The van der Waals surface area contributed by atoms with Gasteiger partial charge in [0.1, 0.15) is 6.33 Å². The summed E-state index contributed by atoms with van der Waals surface area (Å²) in [5.41, 5.74) is 2.87. The fraction of sp³-hybridized carbons (Fsp3) is 0.125. The molecule has 4 aromatic rings. The average Bonchev–Trinajstić information content (AvgIpc) is 3.31. The molecule has 1 amide bonds. The molecule has 32 heavy (non-hydrogen) atoms. The maximum atomic E-state index is 12.6. The van der Waals surface area contributed by atoms with E-state index in [9.17, 15) is 9.90 Å². The van der Waals surface area contributed by atoms with E-state index in [4.69, 9.17) is 23.2 Å². The van der Waals surface area contributed by atoms with E-state index in [1.54, 1.807) is 0 Å². The summed E-state index contributed by atoms with van der Waals surface area (Å²) in [4.78, 5) is 16.7. The average molecular weight is 467 g/mol. The molecule has 8 heteroatoms. The monoisotopic (exact) mass is 466 g/mol. The number of halogens is 2. The van der Waals surface area contributed by atoms with Gasteiger partial charge in [-0.3, -0.25) is 4.79 Å². The van der Waals surface area contributed by atoms with E-state index in [0.717, 1.165) is 6.42 Å². The third-order valence-corrected chi connectivity index (χ3v) is 5.66. The van der Waals surface area contributed by atoms with E-state index in [-0.39, 0.29) is 33.4 Å². The molecule has 4 rings (SSSR count). The van der Waals surface area contributed by atoms with Crippen LogP contribution in [0, 0.1) is 0 Å². The number of phenols is 1. The van der Waals surface area contributed by atoms with Crippen molar-refractivity contribution >= 4 is 29.1 Å². The van der Waals surface area contributed by atoms with Crippen LogP contribution in [0.2, 0.25) is 10.0 Å². The fourth-order valence-corrected chi connectivity index (χ4v) is 3.96. The molecule has 0 radical (unpaired) electrons. The highest BCUT2D eigenvalue weighted by atomic mass is 35.5. The fourth-order valence-electron chi connectivity index (χ4n) is 3.48. The largest absolute Gasteiger partial charge is 0.505 e. The maximum Gasteiger partial charge on any atom is 0.290 e. The van der Waals surface area contributed by atoms with Gasteiger partial charge in [-0.25, -0.2) is 9.67 Å². The van der Waals surface area contributed by atoms with Crippen LogP contribution in [-0.4, -0.2) is 32.3 Å². The normalized spacial score (nSPS) is 11.0. The zero-order chi connectivity index (χ0) is 22.5. The van der Waals surface area contributed by atoms with Crippen LogP contribution in [0.15, 0.2) is 79.1 Å². The molecular weight excluding hydrogens is 447 g/mol. The summed E-state index contributed by atoms with van der Waals surface area (Å²) in [6.45, 7) is 0.457. The van der Waals surface area contributed by atoms with Gasteiger partial charge in [0.15, 0.2) is 5.75 Å². The number of nitrogens with zero attached hydrogens (tertiary/aromatic N) is 3. The first-order valence-corrected chi connectivity index (χ1v) is 10.8.